The predicted molar refractivity (Wildman–Crippen MR) is 100 cm³/mol. The van der Waals surface area contributed by atoms with Crippen LogP contribution in [0.4, 0.5) is 5.82 Å². The van der Waals surface area contributed by atoms with Crippen LogP contribution in [0, 0.1) is 19.8 Å². The van der Waals surface area contributed by atoms with Crippen LogP contribution in [-0.4, -0.2) is 36.7 Å². The van der Waals surface area contributed by atoms with E-state index in [-0.39, 0.29) is 23.3 Å². The van der Waals surface area contributed by atoms with Gasteiger partial charge in [0, 0.05) is 19.3 Å². The minimum absolute atomic E-state index is 0.188. The number of nitrogens with zero attached hydrogens (tertiary/aromatic N) is 2. The topological polar surface area (TPSA) is 79.4 Å². The lowest BCUT2D eigenvalue weighted by Gasteiger charge is -2.31. The molecule has 1 atom stereocenters. The molecule has 1 N–H and O–H groups in total. The second-order valence-corrected chi connectivity index (χ2v) is 8.66. The third kappa shape index (κ3) is 4.11. The molecular formula is C19H23N3O3S. The number of rotatable bonds is 4. The van der Waals surface area contributed by atoms with E-state index < -0.39 is 10.0 Å². The van der Waals surface area contributed by atoms with Gasteiger partial charge in [-0.15, -0.1) is 0 Å². The SMILES string of the molecule is Cc1ccc(S(=O)(=O)N2CCC[C@@H](C(=O)Nc3cc(C)ccn3)C2)cc1. The molecule has 3 rings (SSSR count). The summed E-state index contributed by atoms with van der Waals surface area (Å²) in [7, 11) is -3.59. The molecule has 1 aliphatic heterocycles. The maximum absolute atomic E-state index is 12.9. The van der Waals surface area contributed by atoms with Gasteiger partial charge in [-0.1, -0.05) is 17.7 Å². The van der Waals surface area contributed by atoms with Gasteiger partial charge in [0.1, 0.15) is 5.82 Å². The Kier molecular flexibility index (Phi) is 5.38. The molecule has 1 fully saturated rings. The summed E-state index contributed by atoms with van der Waals surface area (Å²) in [6.45, 7) is 4.46. The molecule has 1 aromatic heterocycles. The van der Waals surface area contributed by atoms with Gasteiger partial charge >= 0.3 is 0 Å². The molecule has 6 nitrogen and oxygen atoms in total. The lowest BCUT2D eigenvalue weighted by Crippen LogP contribution is -2.43. The highest BCUT2D eigenvalue weighted by atomic mass is 32.2. The summed E-state index contributed by atoms with van der Waals surface area (Å²) in [5.74, 6) is -0.0771. The average Bonchev–Trinajstić information content (AvgIpc) is 2.62. The van der Waals surface area contributed by atoms with E-state index in [4.69, 9.17) is 0 Å². The largest absolute Gasteiger partial charge is 0.310 e. The van der Waals surface area contributed by atoms with Crippen LogP contribution in [0.1, 0.15) is 24.0 Å². The van der Waals surface area contributed by atoms with Crippen molar-refractivity contribution in [2.45, 2.75) is 31.6 Å². The van der Waals surface area contributed by atoms with Crippen molar-refractivity contribution < 1.29 is 13.2 Å². The number of hydrogen-bond acceptors (Lipinski definition) is 4. The van der Waals surface area contributed by atoms with Crippen molar-refractivity contribution in [2.75, 3.05) is 18.4 Å². The molecule has 1 saturated heterocycles. The number of anilines is 1. The van der Waals surface area contributed by atoms with Gasteiger partial charge in [-0.05, 0) is 56.5 Å². The van der Waals surface area contributed by atoms with Gasteiger partial charge in [-0.2, -0.15) is 4.31 Å². The van der Waals surface area contributed by atoms with Crippen LogP contribution in [0.15, 0.2) is 47.5 Å². The first-order valence-corrected chi connectivity index (χ1v) is 10.1. The minimum Gasteiger partial charge on any atom is -0.310 e. The van der Waals surface area contributed by atoms with E-state index in [1.807, 2.05) is 19.9 Å². The molecular weight excluding hydrogens is 350 g/mol. The van der Waals surface area contributed by atoms with Crippen LogP contribution in [0.25, 0.3) is 0 Å². The summed E-state index contributed by atoms with van der Waals surface area (Å²) in [5.41, 5.74) is 2.01. The average molecular weight is 373 g/mol. The monoisotopic (exact) mass is 373 g/mol. The number of aromatic nitrogens is 1. The third-order valence-electron chi connectivity index (χ3n) is 4.58. The fraction of sp³-hybridized carbons (Fsp3) is 0.368. The summed E-state index contributed by atoms with van der Waals surface area (Å²) in [6.07, 6.45) is 2.96. The molecule has 26 heavy (non-hydrogen) atoms. The number of carbonyl (C=O) groups is 1. The third-order valence-corrected chi connectivity index (χ3v) is 6.46. The summed E-state index contributed by atoms with van der Waals surface area (Å²) in [5, 5.41) is 2.80. The molecule has 2 aromatic rings. The zero-order chi connectivity index (χ0) is 18.7. The van der Waals surface area contributed by atoms with Gasteiger partial charge < -0.3 is 5.32 Å². The van der Waals surface area contributed by atoms with Crippen molar-refractivity contribution >= 4 is 21.7 Å². The lowest BCUT2D eigenvalue weighted by atomic mass is 9.99. The quantitative estimate of drug-likeness (QED) is 0.894. The summed E-state index contributed by atoms with van der Waals surface area (Å²) < 4.78 is 27.1. The number of sulfonamides is 1. The van der Waals surface area contributed by atoms with Crippen molar-refractivity contribution in [2.24, 2.45) is 5.92 Å². The van der Waals surface area contributed by atoms with Crippen LogP contribution in [0.2, 0.25) is 0 Å². The Balaban J connectivity index is 1.72. The van der Waals surface area contributed by atoms with Crippen molar-refractivity contribution in [1.29, 1.82) is 0 Å². The number of piperidine rings is 1. The van der Waals surface area contributed by atoms with E-state index in [0.29, 0.717) is 25.2 Å². The van der Waals surface area contributed by atoms with Crippen molar-refractivity contribution in [3.05, 3.63) is 53.7 Å². The normalized spacial score (nSPS) is 18.5. The molecule has 0 aliphatic carbocycles. The van der Waals surface area contributed by atoms with Crippen LogP contribution in [-0.2, 0) is 14.8 Å². The van der Waals surface area contributed by atoms with Crippen LogP contribution in [0.3, 0.4) is 0 Å². The van der Waals surface area contributed by atoms with Crippen LogP contribution < -0.4 is 5.32 Å². The number of pyridine rings is 1. The number of hydrogen-bond donors (Lipinski definition) is 1. The second-order valence-electron chi connectivity index (χ2n) is 6.72. The van der Waals surface area contributed by atoms with Gasteiger partial charge in [0.25, 0.3) is 0 Å². The number of aryl methyl sites for hydroxylation is 2. The first-order chi connectivity index (χ1) is 12.4. The predicted octanol–water partition coefficient (Wildman–Crippen LogP) is 2.74. The molecule has 1 aromatic carbocycles. The standard InChI is InChI=1S/C19H23N3O3S/c1-14-5-7-17(8-6-14)26(24,25)22-11-3-4-16(13-22)19(23)21-18-12-15(2)9-10-20-18/h5-10,12,16H,3-4,11,13H2,1-2H3,(H,20,21,23)/t16-/m1/s1. The first kappa shape index (κ1) is 18.5. The van der Waals surface area contributed by atoms with Crippen molar-refractivity contribution in [3.8, 4) is 0 Å². The zero-order valence-corrected chi connectivity index (χ0v) is 15.8. The first-order valence-electron chi connectivity index (χ1n) is 8.66. The molecule has 2 heterocycles. The lowest BCUT2D eigenvalue weighted by molar-refractivity contribution is -0.120. The van der Waals surface area contributed by atoms with Gasteiger partial charge in [0.15, 0.2) is 0 Å². The zero-order valence-electron chi connectivity index (χ0n) is 15.0. The van der Waals surface area contributed by atoms with E-state index in [2.05, 4.69) is 10.3 Å². The van der Waals surface area contributed by atoms with Gasteiger partial charge in [0.05, 0.1) is 10.8 Å². The Morgan fingerprint density at radius 3 is 2.58 bits per heavy atom. The molecule has 0 unspecified atom stereocenters. The van der Waals surface area contributed by atoms with Gasteiger partial charge in [0.2, 0.25) is 15.9 Å². The fourth-order valence-electron chi connectivity index (χ4n) is 3.07. The number of carbonyl (C=O) groups excluding carboxylic acids is 1. The van der Waals surface area contributed by atoms with Crippen molar-refractivity contribution in [3.63, 3.8) is 0 Å². The Bertz CT molecular complexity index is 895. The maximum Gasteiger partial charge on any atom is 0.243 e. The molecule has 1 amide bonds. The molecule has 1 aliphatic rings. The Morgan fingerprint density at radius 2 is 1.88 bits per heavy atom. The van der Waals surface area contributed by atoms with E-state index in [1.54, 1.807) is 36.5 Å². The van der Waals surface area contributed by atoms with E-state index in [9.17, 15) is 13.2 Å². The molecule has 0 saturated carbocycles. The van der Waals surface area contributed by atoms with Crippen molar-refractivity contribution in [1.82, 2.24) is 9.29 Å². The fourth-order valence-corrected chi connectivity index (χ4v) is 4.59. The molecule has 7 heteroatoms. The Labute approximate surface area is 154 Å². The van der Waals surface area contributed by atoms with E-state index in [1.165, 1.54) is 4.31 Å². The van der Waals surface area contributed by atoms with Crippen LogP contribution in [0.5, 0.6) is 0 Å². The number of amides is 1. The van der Waals surface area contributed by atoms with E-state index >= 15 is 0 Å². The van der Waals surface area contributed by atoms with E-state index in [0.717, 1.165) is 11.1 Å². The van der Waals surface area contributed by atoms with Crippen LogP contribution >= 0.6 is 0 Å². The number of benzene rings is 1. The summed E-state index contributed by atoms with van der Waals surface area (Å²) in [6, 6.07) is 10.4. The molecule has 0 bridgehead atoms. The number of nitrogens with one attached hydrogen (secondary N) is 1. The molecule has 0 radical (unpaired) electrons. The van der Waals surface area contributed by atoms with Gasteiger partial charge in [-0.25, -0.2) is 13.4 Å². The molecule has 138 valence electrons. The minimum atomic E-state index is -3.59. The smallest absolute Gasteiger partial charge is 0.243 e. The highest BCUT2D eigenvalue weighted by Crippen LogP contribution is 2.25. The molecule has 0 spiro atoms. The summed E-state index contributed by atoms with van der Waals surface area (Å²) >= 11 is 0. The maximum atomic E-state index is 12.9. The summed E-state index contributed by atoms with van der Waals surface area (Å²) in [4.78, 5) is 17.0. The van der Waals surface area contributed by atoms with Gasteiger partial charge in [-0.3, -0.25) is 4.79 Å². The highest BCUT2D eigenvalue weighted by molar-refractivity contribution is 7.89. The second kappa shape index (κ2) is 7.55. The highest BCUT2D eigenvalue weighted by Gasteiger charge is 2.33. The Hall–Kier alpha value is -2.25. The Morgan fingerprint density at radius 1 is 1.15 bits per heavy atom.